The van der Waals surface area contributed by atoms with Gasteiger partial charge in [-0.2, -0.15) is 0 Å². The highest BCUT2D eigenvalue weighted by molar-refractivity contribution is 7.09. The van der Waals surface area contributed by atoms with Crippen molar-refractivity contribution in [1.29, 1.82) is 0 Å². The fourth-order valence-electron chi connectivity index (χ4n) is 2.35. The van der Waals surface area contributed by atoms with Gasteiger partial charge in [0.25, 0.3) is 0 Å². The molecule has 1 aliphatic heterocycles. The zero-order chi connectivity index (χ0) is 14.8. The molecule has 0 unspecified atom stereocenters. The van der Waals surface area contributed by atoms with Crippen LogP contribution >= 0.6 is 11.3 Å². The van der Waals surface area contributed by atoms with Crippen molar-refractivity contribution in [3.63, 3.8) is 0 Å². The molecule has 110 valence electrons. The summed E-state index contributed by atoms with van der Waals surface area (Å²) in [5.74, 6) is 0. The third-order valence-corrected chi connectivity index (χ3v) is 4.28. The van der Waals surface area contributed by atoms with Gasteiger partial charge in [-0.15, -0.1) is 11.3 Å². The Kier molecular flexibility index (Phi) is 3.90. The summed E-state index contributed by atoms with van der Waals surface area (Å²) < 4.78 is 0. The first-order valence-corrected chi connectivity index (χ1v) is 7.76. The van der Waals surface area contributed by atoms with Crippen LogP contribution in [0.15, 0.2) is 29.6 Å². The number of carbonyl (C=O) groups excluding carboxylic acids is 1. The first-order valence-electron chi connectivity index (χ1n) is 6.88. The summed E-state index contributed by atoms with van der Waals surface area (Å²) in [6.45, 7) is 2.98. The molecule has 2 aromatic rings. The molecular formula is C15H17N3O2S. The minimum absolute atomic E-state index is 0.163. The van der Waals surface area contributed by atoms with E-state index in [0.29, 0.717) is 19.5 Å². The Bertz CT molecular complexity index is 639. The van der Waals surface area contributed by atoms with Crippen molar-refractivity contribution in [2.75, 3.05) is 18.4 Å². The summed E-state index contributed by atoms with van der Waals surface area (Å²) >= 11 is 1.62. The smallest absolute Gasteiger partial charge is 0.321 e. The van der Waals surface area contributed by atoms with E-state index in [-0.39, 0.29) is 6.03 Å². The number of aliphatic hydroxyl groups excluding tert-OH is 1. The Morgan fingerprint density at radius 3 is 2.76 bits per heavy atom. The maximum absolute atomic E-state index is 12.0. The maximum Gasteiger partial charge on any atom is 0.321 e. The van der Waals surface area contributed by atoms with Crippen LogP contribution in [0.3, 0.4) is 0 Å². The van der Waals surface area contributed by atoms with Gasteiger partial charge in [-0.25, -0.2) is 9.78 Å². The van der Waals surface area contributed by atoms with Crippen LogP contribution in [0.25, 0.3) is 11.3 Å². The molecule has 1 saturated heterocycles. The van der Waals surface area contributed by atoms with Crippen LogP contribution in [0.5, 0.6) is 0 Å². The molecule has 0 bridgehead atoms. The number of aromatic nitrogens is 1. The molecule has 2 N–H and O–H groups in total. The van der Waals surface area contributed by atoms with Crippen LogP contribution < -0.4 is 5.32 Å². The summed E-state index contributed by atoms with van der Waals surface area (Å²) in [4.78, 5) is 18.1. The first-order chi connectivity index (χ1) is 10.1. The SMILES string of the molecule is Cc1nc(-c2ccc(NC(=O)N3CC[C@@H](O)C3)cc2)cs1. The van der Waals surface area contributed by atoms with Gasteiger partial charge < -0.3 is 15.3 Å². The van der Waals surface area contributed by atoms with E-state index in [1.54, 1.807) is 16.2 Å². The second kappa shape index (κ2) is 5.83. The second-order valence-corrected chi connectivity index (χ2v) is 6.21. The number of urea groups is 1. The van der Waals surface area contributed by atoms with Gasteiger partial charge in [0.05, 0.1) is 16.8 Å². The number of hydrogen-bond donors (Lipinski definition) is 2. The van der Waals surface area contributed by atoms with E-state index in [0.717, 1.165) is 22.0 Å². The number of aryl methyl sites for hydroxylation is 1. The van der Waals surface area contributed by atoms with Crippen LogP contribution in [-0.4, -0.2) is 40.2 Å². The highest BCUT2D eigenvalue weighted by Gasteiger charge is 2.24. The van der Waals surface area contributed by atoms with Crippen LogP contribution in [-0.2, 0) is 0 Å². The number of likely N-dealkylation sites (tertiary alicyclic amines) is 1. The Labute approximate surface area is 127 Å². The quantitative estimate of drug-likeness (QED) is 0.896. The van der Waals surface area contributed by atoms with Crippen LogP contribution in [0.4, 0.5) is 10.5 Å². The molecule has 0 saturated carbocycles. The fourth-order valence-corrected chi connectivity index (χ4v) is 2.97. The number of benzene rings is 1. The normalized spacial score (nSPS) is 18.0. The zero-order valence-corrected chi connectivity index (χ0v) is 12.6. The van der Waals surface area contributed by atoms with Gasteiger partial charge in [-0.3, -0.25) is 0 Å². The molecule has 0 radical (unpaired) electrons. The molecule has 1 aromatic carbocycles. The van der Waals surface area contributed by atoms with E-state index in [1.165, 1.54) is 0 Å². The number of thiazole rings is 1. The van der Waals surface area contributed by atoms with E-state index in [4.69, 9.17) is 0 Å². The van der Waals surface area contributed by atoms with Gasteiger partial charge in [-0.1, -0.05) is 12.1 Å². The molecule has 3 rings (SSSR count). The van der Waals surface area contributed by atoms with Gasteiger partial charge in [0, 0.05) is 29.7 Å². The second-order valence-electron chi connectivity index (χ2n) is 5.15. The average molecular weight is 303 g/mol. The lowest BCUT2D eigenvalue weighted by Gasteiger charge is -2.16. The van der Waals surface area contributed by atoms with Gasteiger partial charge in [0.15, 0.2) is 0 Å². The fraction of sp³-hybridized carbons (Fsp3) is 0.333. The van der Waals surface area contributed by atoms with Crippen molar-refractivity contribution in [2.24, 2.45) is 0 Å². The largest absolute Gasteiger partial charge is 0.391 e. The van der Waals surface area contributed by atoms with Crippen molar-refractivity contribution in [3.8, 4) is 11.3 Å². The number of anilines is 1. The van der Waals surface area contributed by atoms with Gasteiger partial charge >= 0.3 is 6.03 Å². The van der Waals surface area contributed by atoms with Gasteiger partial charge in [0.1, 0.15) is 0 Å². The van der Waals surface area contributed by atoms with Crippen LogP contribution in [0.2, 0.25) is 0 Å². The molecule has 1 fully saturated rings. The van der Waals surface area contributed by atoms with E-state index in [2.05, 4.69) is 10.3 Å². The molecule has 2 amide bonds. The standard InChI is InChI=1S/C15H17N3O2S/c1-10-16-14(9-21-10)11-2-4-12(5-3-11)17-15(20)18-7-6-13(19)8-18/h2-5,9,13,19H,6-8H2,1H3,(H,17,20)/t13-/m1/s1. The lowest BCUT2D eigenvalue weighted by atomic mass is 10.1. The van der Waals surface area contributed by atoms with Crippen molar-refractivity contribution in [3.05, 3.63) is 34.7 Å². The average Bonchev–Trinajstić information content (AvgIpc) is 3.08. The molecular weight excluding hydrogens is 286 g/mol. The maximum atomic E-state index is 12.0. The van der Waals surface area contributed by atoms with Crippen molar-refractivity contribution < 1.29 is 9.90 Å². The Hall–Kier alpha value is -1.92. The van der Waals surface area contributed by atoms with Crippen LogP contribution in [0.1, 0.15) is 11.4 Å². The molecule has 2 heterocycles. The van der Waals surface area contributed by atoms with Gasteiger partial charge in [0.2, 0.25) is 0 Å². The highest BCUT2D eigenvalue weighted by Crippen LogP contribution is 2.23. The van der Waals surface area contributed by atoms with Crippen molar-refractivity contribution in [1.82, 2.24) is 9.88 Å². The molecule has 6 heteroatoms. The summed E-state index contributed by atoms with van der Waals surface area (Å²) in [6.07, 6.45) is 0.251. The van der Waals surface area contributed by atoms with E-state index < -0.39 is 6.10 Å². The summed E-state index contributed by atoms with van der Waals surface area (Å²) in [7, 11) is 0. The summed E-state index contributed by atoms with van der Waals surface area (Å²) in [6, 6.07) is 7.47. The first kappa shape index (κ1) is 14.0. The van der Waals surface area contributed by atoms with E-state index in [9.17, 15) is 9.90 Å². The lowest BCUT2D eigenvalue weighted by molar-refractivity contribution is 0.176. The molecule has 1 aliphatic rings. The number of β-amino-alcohol motifs (C(OH)–C–C–N with tert-alkyl or cyclic N) is 1. The topological polar surface area (TPSA) is 65.5 Å². The Morgan fingerprint density at radius 2 is 2.19 bits per heavy atom. The zero-order valence-electron chi connectivity index (χ0n) is 11.7. The minimum atomic E-state index is -0.397. The number of rotatable bonds is 2. The van der Waals surface area contributed by atoms with E-state index in [1.807, 2.05) is 36.6 Å². The molecule has 21 heavy (non-hydrogen) atoms. The van der Waals surface area contributed by atoms with Gasteiger partial charge in [-0.05, 0) is 25.5 Å². The molecule has 1 aromatic heterocycles. The monoisotopic (exact) mass is 303 g/mol. The molecule has 1 atom stereocenters. The third-order valence-electron chi connectivity index (χ3n) is 3.50. The number of aliphatic hydroxyl groups is 1. The third kappa shape index (κ3) is 3.22. The number of hydrogen-bond acceptors (Lipinski definition) is 4. The van der Waals surface area contributed by atoms with Crippen molar-refractivity contribution in [2.45, 2.75) is 19.4 Å². The summed E-state index contributed by atoms with van der Waals surface area (Å²) in [5.41, 5.74) is 2.74. The number of carbonyl (C=O) groups is 1. The van der Waals surface area contributed by atoms with E-state index >= 15 is 0 Å². The number of nitrogens with zero attached hydrogens (tertiary/aromatic N) is 2. The Balaban J connectivity index is 1.66. The van der Waals surface area contributed by atoms with Crippen LogP contribution in [0, 0.1) is 6.92 Å². The molecule has 0 aliphatic carbocycles. The lowest BCUT2D eigenvalue weighted by Crippen LogP contribution is -2.33. The number of amides is 2. The highest BCUT2D eigenvalue weighted by atomic mass is 32.1. The van der Waals surface area contributed by atoms with Crippen molar-refractivity contribution >= 4 is 23.1 Å². The summed E-state index contributed by atoms with van der Waals surface area (Å²) in [5, 5.41) is 15.4. The predicted octanol–water partition coefficient (Wildman–Crippen LogP) is 2.72. The molecule has 5 nitrogen and oxygen atoms in total. The predicted molar refractivity (Wildman–Crippen MR) is 83.5 cm³/mol. The Morgan fingerprint density at radius 1 is 1.43 bits per heavy atom. The minimum Gasteiger partial charge on any atom is -0.391 e. The molecule has 0 spiro atoms. The number of nitrogens with one attached hydrogen (secondary N) is 1.